The van der Waals surface area contributed by atoms with Crippen LogP contribution in [0.25, 0.3) is 11.3 Å². The topological polar surface area (TPSA) is 52.0 Å². The van der Waals surface area contributed by atoms with Gasteiger partial charge in [-0.25, -0.2) is 4.39 Å². The molecule has 0 unspecified atom stereocenters. The van der Waals surface area contributed by atoms with Gasteiger partial charge < -0.3 is 10.3 Å². The van der Waals surface area contributed by atoms with E-state index in [-0.39, 0.29) is 10.9 Å². The fourth-order valence-electron chi connectivity index (χ4n) is 1.16. The van der Waals surface area contributed by atoms with Crippen LogP contribution >= 0.6 is 27.5 Å². The molecule has 0 spiro atoms. The molecule has 6 heteroatoms. The molecule has 2 aromatic rings. The van der Waals surface area contributed by atoms with Gasteiger partial charge in [0.2, 0.25) is 5.88 Å². The Bertz CT molecular complexity index is 515. The minimum absolute atomic E-state index is 0.00787. The molecular weight excluding hydrogens is 286 g/mol. The molecule has 0 amide bonds. The summed E-state index contributed by atoms with van der Waals surface area (Å²) in [5.74, 6) is -0.371. The van der Waals surface area contributed by atoms with Gasteiger partial charge in [-0.15, -0.1) is 0 Å². The van der Waals surface area contributed by atoms with Crippen LogP contribution < -0.4 is 5.73 Å². The largest absolute Gasteiger partial charge is 0.368 e. The molecule has 15 heavy (non-hydrogen) atoms. The highest BCUT2D eigenvalue weighted by Gasteiger charge is 2.13. The van der Waals surface area contributed by atoms with Crippen molar-refractivity contribution >= 4 is 33.4 Å². The number of hydrogen-bond acceptors (Lipinski definition) is 3. The fourth-order valence-corrected chi connectivity index (χ4v) is 1.79. The van der Waals surface area contributed by atoms with Crippen LogP contribution in [0.2, 0.25) is 5.02 Å². The van der Waals surface area contributed by atoms with E-state index in [4.69, 9.17) is 17.3 Å². The van der Waals surface area contributed by atoms with Crippen LogP contribution in [0.3, 0.4) is 0 Å². The molecule has 0 fully saturated rings. The lowest BCUT2D eigenvalue weighted by atomic mass is 10.1. The second kappa shape index (κ2) is 3.83. The van der Waals surface area contributed by atoms with E-state index < -0.39 is 5.82 Å². The van der Waals surface area contributed by atoms with Gasteiger partial charge in [-0.2, -0.15) is 0 Å². The second-order valence-electron chi connectivity index (χ2n) is 2.86. The summed E-state index contributed by atoms with van der Waals surface area (Å²) in [6.45, 7) is 0. The maximum Gasteiger partial charge on any atom is 0.222 e. The van der Waals surface area contributed by atoms with E-state index in [9.17, 15) is 4.39 Å². The average molecular weight is 292 g/mol. The number of hydrogen-bond donors (Lipinski definition) is 1. The number of rotatable bonds is 1. The van der Waals surface area contributed by atoms with Crippen molar-refractivity contribution in [1.82, 2.24) is 5.16 Å². The van der Waals surface area contributed by atoms with E-state index in [0.29, 0.717) is 15.7 Å². The zero-order valence-corrected chi connectivity index (χ0v) is 9.64. The molecule has 78 valence electrons. The molecule has 0 saturated heterocycles. The van der Waals surface area contributed by atoms with Crippen LogP contribution in [0.4, 0.5) is 10.3 Å². The first-order valence-corrected chi connectivity index (χ1v) is 5.12. The number of nitrogens with two attached hydrogens (primary N) is 1. The number of nitrogens with zero attached hydrogens (tertiary/aromatic N) is 1. The fraction of sp³-hybridized carbons (Fsp3) is 0. The number of halogens is 3. The summed E-state index contributed by atoms with van der Waals surface area (Å²) < 4.78 is 18.5. The molecule has 1 aromatic carbocycles. The first-order chi connectivity index (χ1) is 7.08. The second-order valence-corrected chi connectivity index (χ2v) is 4.16. The number of anilines is 1. The summed E-state index contributed by atoms with van der Waals surface area (Å²) in [6.07, 6.45) is 0. The highest BCUT2D eigenvalue weighted by atomic mass is 79.9. The lowest BCUT2D eigenvalue weighted by Crippen LogP contribution is -1.85. The van der Waals surface area contributed by atoms with Gasteiger partial charge in [0, 0.05) is 16.1 Å². The highest BCUT2D eigenvalue weighted by Crippen LogP contribution is 2.32. The molecule has 0 saturated carbocycles. The minimum atomic E-state index is -0.525. The molecule has 1 aromatic heterocycles. The van der Waals surface area contributed by atoms with Gasteiger partial charge in [0.15, 0.2) is 0 Å². The normalized spacial score (nSPS) is 10.6. The van der Waals surface area contributed by atoms with Crippen LogP contribution in [-0.4, -0.2) is 5.16 Å². The molecule has 0 radical (unpaired) electrons. The molecular formula is C9H5BrClFN2O. The SMILES string of the molecule is Nc1cc(-c2cc(Br)cc(F)c2Cl)no1. The molecule has 3 nitrogen and oxygen atoms in total. The van der Waals surface area contributed by atoms with Crippen LogP contribution in [-0.2, 0) is 0 Å². The lowest BCUT2D eigenvalue weighted by Gasteiger charge is -2.01. The molecule has 0 atom stereocenters. The Morgan fingerprint density at radius 1 is 1.40 bits per heavy atom. The van der Waals surface area contributed by atoms with Gasteiger partial charge >= 0.3 is 0 Å². The summed E-state index contributed by atoms with van der Waals surface area (Å²) in [5, 5.41) is 3.65. The van der Waals surface area contributed by atoms with Crippen molar-refractivity contribution in [2.24, 2.45) is 0 Å². The molecule has 0 aliphatic carbocycles. The summed E-state index contributed by atoms with van der Waals surface area (Å²) in [5.41, 5.74) is 6.20. The summed E-state index contributed by atoms with van der Waals surface area (Å²) in [4.78, 5) is 0. The number of nitrogen functional groups attached to an aromatic ring is 1. The van der Waals surface area contributed by atoms with E-state index in [1.807, 2.05) is 0 Å². The quantitative estimate of drug-likeness (QED) is 0.818. The van der Waals surface area contributed by atoms with E-state index in [1.54, 1.807) is 6.07 Å². The Hall–Kier alpha value is -1.07. The van der Waals surface area contributed by atoms with Crippen molar-refractivity contribution in [3.8, 4) is 11.3 Å². The monoisotopic (exact) mass is 290 g/mol. The number of benzene rings is 1. The number of aromatic nitrogens is 1. The molecule has 0 aliphatic heterocycles. The van der Waals surface area contributed by atoms with Crippen molar-refractivity contribution in [2.45, 2.75) is 0 Å². The van der Waals surface area contributed by atoms with Gasteiger partial charge in [-0.1, -0.05) is 32.7 Å². The van der Waals surface area contributed by atoms with Crippen LogP contribution in [0.1, 0.15) is 0 Å². The third-order valence-electron chi connectivity index (χ3n) is 1.80. The first-order valence-electron chi connectivity index (χ1n) is 3.95. The Morgan fingerprint density at radius 2 is 2.13 bits per heavy atom. The van der Waals surface area contributed by atoms with E-state index >= 15 is 0 Å². The molecule has 0 bridgehead atoms. The molecule has 2 N–H and O–H groups in total. The molecule has 1 heterocycles. The summed E-state index contributed by atoms with van der Waals surface area (Å²) >= 11 is 8.95. The Morgan fingerprint density at radius 3 is 2.73 bits per heavy atom. The third-order valence-corrected chi connectivity index (χ3v) is 2.64. The maximum atomic E-state index is 13.3. The molecule has 2 rings (SSSR count). The van der Waals surface area contributed by atoms with Gasteiger partial charge in [-0.05, 0) is 12.1 Å². The van der Waals surface area contributed by atoms with Gasteiger partial charge in [0.05, 0.1) is 5.02 Å². The Kier molecular flexibility index (Phi) is 2.67. The standard InChI is InChI=1S/C9H5BrClFN2O/c10-4-1-5(9(11)6(12)2-4)7-3-8(13)15-14-7/h1-3H,13H2. The van der Waals surface area contributed by atoms with E-state index in [1.165, 1.54) is 12.1 Å². The maximum absolute atomic E-state index is 13.3. The average Bonchev–Trinajstić information content (AvgIpc) is 2.58. The Balaban J connectivity index is 2.62. The van der Waals surface area contributed by atoms with Crippen molar-refractivity contribution in [3.05, 3.63) is 33.5 Å². The zero-order chi connectivity index (χ0) is 11.0. The summed E-state index contributed by atoms with van der Waals surface area (Å²) in [7, 11) is 0. The lowest BCUT2D eigenvalue weighted by molar-refractivity contribution is 0.439. The third kappa shape index (κ3) is 1.98. The van der Waals surface area contributed by atoms with Crippen LogP contribution in [0.5, 0.6) is 0 Å². The predicted octanol–water partition coefficient (Wildman–Crippen LogP) is 3.48. The van der Waals surface area contributed by atoms with Crippen molar-refractivity contribution in [1.29, 1.82) is 0 Å². The van der Waals surface area contributed by atoms with Gasteiger partial charge in [0.25, 0.3) is 0 Å². The van der Waals surface area contributed by atoms with Crippen molar-refractivity contribution in [2.75, 3.05) is 5.73 Å². The van der Waals surface area contributed by atoms with Gasteiger partial charge in [0.1, 0.15) is 11.5 Å². The van der Waals surface area contributed by atoms with Crippen LogP contribution in [0.15, 0.2) is 27.2 Å². The zero-order valence-electron chi connectivity index (χ0n) is 7.30. The van der Waals surface area contributed by atoms with Crippen molar-refractivity contribution < 1.29 is 8.91 Å². The van der Waals surface area contributed by atoms with E-state index in [0.717, 1.165) is 0 Å². The van der Waals surface area contributed by atoms with Crippen molar-refractivity contribution in [3.63, 3.8) is 0 Å². The van der Waals surface area contributed by atoms with E-state index in [2.05, 4.69) is 25.6 Å². The summed E-state index contributed by atoms with van der Waals surface area (Å²) in [6, 6.07) is 4.39. The first kappa shape index (κ1) is 10.4. The van der Waals surface area contributed by atoms with Crippen LogP contribution in [0, 0.1) is 5.82 Å². The predicted molar refractivity (Wildman–Crippen MR) is 59.0 cm³/mol. The highest BCUT2D eigenvalue weighted by molar-refractivity contribution is 9.10. The smallest absolute Gasteiger partial charge is 0.222 e. The minimum Gasteiger partial charge on any atom is -0.368 e. The Labute approximate surface area is 98.1 Å². The molecule has 0 aliphatic rings. The van der Waals surface area contributed by atoms with Gasteiger partial charge in [-0.3, -0.25) is 0 Å².